The Bertz CT molecular complexity index is 297. The van der Waals surface area contributed by atoms with Gasteiger partial charge >= 0.3 is 8.56 Å². The fraction of sp³-hybridized carbons (Fsp3) is 0.571. The van der Waals surface area contributed by atoms with Crippen LogP contribution < -0.4 is 11.1 Å². The Balaban J connectivity index is 0.000000362. The molecule has 5 heteroatoms. The average molecular weight is 284 g/mol. The first-order chi connectivity index (χ1) is 9.11. The Kier molecular flexibility index (Phi) is 10.7. The predicted molar refractivity (Wildman–Crippen MR) is 83.3 cm³/mol. The Morgan fingerprint density at radius 1 is 1.16 bits per heavy atom. The number of hydrogen-bond donors (Lipinski definition) is 2. The molecule has 0 amide bonds. The molecule has 0 unspecified atom stereocenters. The third-order valence-corrected chi connectivity index (χ3v) is 6.01. The molecule has 0 heterocycles. The molecule has 1 aromatic carbocycles. The van der Waals surface area contributed by atoms with Crippen LogP contribution in [0, 0.1) is 0 Å². The fourth-order valence-electron chi connectivity index (χ4n) is 1.30. The van der Waals surface area contributed by atoms with Crippen LogP contribution in [0.15, 0.2) is 30.3 Å². The van der Waals surface area contributed by atoms with Crippen LogP contribution in [0.25, 0.3) is 0 Å². The zero-order chi connectivity index (χ0) is 14.6. The van der Waals surface area contributed by atoms with E-state index in [-0.39, 0.29) is 0 Å². The minimum atomic E-state index is -1.67. The minimum absolute atomic E-state index is 0.701. The molecule has 0 radical (unpaired) electrons. The van der Waals surface area contributed by atoms with Crippen LogP contribution in [0.4, 0.5) is 0 Å². The van der Waals surface area contributed by atoms with Crippen LogP contribution >= 0.6 is 0 Å². The highest BCUT2D eigenvalue weighted by Gasteiger charge is 2.24. The third-order valence-electron chi connectivity index (χ3n) is 3.00. The Hall–Kier alpha value is -0.723. The molecule has 0 aliphatic heterocycles. The molecule has 0 aliphatic carbocycles. The van der Waals surface area contributed by atoms with Crippen LogP contribution in [0.3, 0.4) is 0 Å². The lowest BCUT2D eigenvalue weighted by Gasteiger charge is -2.19. The number of rotatable bonds is 7. The second kappa shape index (κ2) is 11.1. The maximum absolute atomic E-state index is 5.33. The quantitative estimate of drug-likeness (QED) is 0.595. The number of benzene rings is 1. The van der Waals surface area contributed by atoms with E-state index in [1.807, 2.05) is 24.7 Å². The molecule has 19 heavy (non-hydrogen) atoms. The SMILES string of the molecule is CC[Si](C)(OC)OC.NCCNCc1ccccc1. The molecule has 0 fully saturated rings. The molecule has 0 atom stereocenters. The van der Waals surface area contributed by atoms with Crippen LogP contribution in [-0.4, -0.2) is 35.9 Å². The van der Waals surface area contributed by atoms with Gasteiger partial charge in [-0.25, -0.2) is 0 Å². The highest BCUT2D eigenvalue weighted by atomic mass is 28.4. The zero-order valence-corrected chi connectivity index (χ0v) is 13.6. The van der Waals surface area contributed by atoms with Gasteiger partial charge in [-0.1, -0.05) is 37.3 Å². The molecule has 0 saturated carbocycles. The molecule has 4 nitrogen and oxygen atoms in total. The lowest BCUT2D eigenvalue weighted by atomic mass is 10.2. The lowest BCUT2D eigenvalue weighted by molar-refractivity contribution is 0.251. The molecule has 1 aromatic rings. The first kappa shape index (κ1) is 18.3. The van der Waals surface area contributed by atoms with Gasteiger partial charge in [0.1, 0.15) is 0 Å². The maximum atomic E-state index is 5.33. The van der Waals surface area contributed by atoms with E-state index in [0.29, 0.717) is 6.54 Å². The van der Waals surface area contributed by atoms with Crippen molar-refractivity contribution in [1.29, 1.82) is 0 Å². The fourth-order valence-corrected chi connectivity index (χ4v) is 2.05. The summed E-state index contributed by atoms with van der Waals surface area (Å²) in [7, 11) is 1.74. The van der Waals surface area contributed by atoms with Gasteiger partial charge in [-0.3, -0.25) is 0 Å². The van der Waals surface area contributed by atoms with Gasteiger partial charge in [-0.05, 0) is 18.2 Å². The van der Waals surface area contributed by atoms with Crippen LogP contribution in [0.1, 0.15) is 12.5 Å². The van der Waals surface area contributed by atoms with Gasteiger partial charge in [0, 0.05) is 33.9 Å². The maximum Gasteiger partial charge on any atom is 0.334 e. The van der Waals surface area contributed by atoms with Crippen molar-refractivity contribution in [3.05, 3.63) is 35.9 Å². The largest absolute Gasteiger partial charge is 0.398 e. The summed E-state index contributed by atoms with van der Waals surface area (Å²) in [5.41, 5.74) is 6.64. The molecule has 0 saturated heterocycles. The van der Waals surface area contributed by atoms with E-state index < -0.39 is 8.56 Å². The number of nitrogens with two attached hydrogens (primary N) is 1. The van der Waals surface area contributed by atoms with E-state index in [2.05, 4.69) is 24.4 Å². The molecule has 110 valence electrons. The van der Waals surface area contributed by atoms with Gasteiger partial charge in [0.25, 0.3) is 0 Å². The molecular formula is C14H28N2O2Si. The van der Waals surface area contributed by atoms with Crippen molar-refractivity contribution < 1.29 is 8.85 Å². The highest BCUT2D eigenvalue weighted by Crippen LogP contribution is 2.08. The third kappa shape index (κ3) is 8.91. The molecule has 0 aromatic heterocycles. The van der Waals surface area contributed by atoms with Crippen molar-refractivity contribution in [2.75, 3.05) is 27.3 Å². The summed E-state index contributed by atoms with van der Waals surface area (Å²) in [4.78, 5) is 0. The molecule has 0 aliphatic rings. The zero-order valence-electron chi connectivity index (χ0n) is 12.6. The number of nitrogens with one attached hydrogen (secondary N) is 1. The van der Waals surface area contributed by atoms with Crippen LogP contribution in [-0.2, 0) is 15.4 Å². The summed E-state index contributed by atoms with van der Waals surface area (Å²) in [6.07, 6.45) is 0. The van der Waals surface area contributed by atoms with Crippen molar-refractivity contribution in [2.45, 2.75) is 26.1 Å². The Morgan fingerprint density at radius 2 is 1.74 bits per heavy atom. The predicted octanol–water partition coefficient (Wildman–Crippen LogP) is 2.11. The van der Waals surface area contributed by atoms with Crippen LogP contribution in [0.2, 0.25) is 12.6 Å². The molecule has 0 bridgehead atoms. The standard InChI is InChI=1S/C9H14N2.C5H14O2Si/c10-6-7-11-8-9-4-2-1-3-5-9;1-5-8(4,6-2)7-3/h1-5,11H,6-8,10H2;5H2,1-4H3. The lowest BCUT2D eigenvalue weighted by Crippen LogP contribution is -2.34. The second-order valence-electron chi connectivity index (χ2n) is 4.35. The second-order valence-corrected chi connectivity index (χ2v) is 8.14. The smallest absolute Gasteiger partial charge is 0.334 e. The Morgan fingerprint density at radius 3 is 2.11 bits per heavy atom. The van der Waals surface area contributed by atoms with Crippen molar-refractivity contribution in [1.82, 2.24) is 5.32 Å². The van der Waals surface area contributed by atoms with E-state index in [0.717, 1.165) is 19.1 Å². The van der Waals surface area contributed by atoms with Crippen molar-refractivity contribution in [3.63, 3.8) is 0 Å². The van der Waals surface area contributed by atoms with Gasteiger partial charge in [-0.2, -0.15) is 0 Å². The van der Waals surface area contributed by atoms with E-state index in [9.17, 15) is 0 Å². The average Bonchev–Trinajstić information content (AvgIpc) is 2.48. The first-order valence-corrected chi connectivity index (χ1v) is 9.19. The van der Waals surface area contributed by atoms with Gasteiger partial charge in [0.2, 0.25) is 0 Å². The minimum Gasteiger partial charge on any atom is -0.398 e. The van der Waals surface area contributed by atoms with E-state index in [1.165, 1.54) is 5.56 Å². The van der Waals surface area contributed by atoms with E-state index in [1.54, 1.807) is 14.2 Å². The normalized spacial score (nSPS) is 10.8. The van der Waals surface area contributed by atoms with Crippen molar-refractivity contribution in [2.24, 2.45) is 5.73 Å². The van der Waals surface area contributed by atoms with Crippen molar-refractivity contribution >= 4 is 8.56 Å². The van der Waals surface area contributed by atoms with Gasteiger partial charge in [0.15, 0.2) is 0 Å². The summed E-state index contributed by atoms with van der Waals surface area (Å²) in [5.74, 6) is 0. The van der Waals surface area contributed by atoms with E-state index >= 15 is 0 Å². The topological polar surface area (TPSA) is 56.5 Å². The summed E-state index contributed by atoms with van der Waals surface area (Å²) in [6, 6.07) is 11.3. The summed E-state index contributed by atoms with van der Waals surface area (Å²) in [5, 5.41) is 3.23. The van der Waals surface area contributed by atoms with E-state index in [4.69, 9.17) is 14.6 Å². The monoisotopic (exact) mass is 284 g/mol. The van der Waals surface area contributed by atoms with Gasteiger partial charge in [-0.15, -0.1) is 0 Å². The first-order valence-electron chi connectivity index (χ1n) is 6.66. The molecule has 1 rings (SSSR count). The van der Waals surface area contributed by atoms with Crippen LogP contribution in [0.5, 0.6) is 0 Å². The molecule has 3 N–H and O–H groups in total. The van der Waals surface area contributed by atoms with Crippen molar-refractivity contribution in [3.8, 4) is 0 Å². The molecule has 0 spiro atoms. The summed E-state index contributed by atoms with van der Waals surface area (Å²) >= 11 is 0. The highest BCUT2D eigenvalue weighted by molar-refractivity contribution is 6.65. The van der Waals surface area contributed by atoms with Gasteiger partial charge < -0.3 is 19.9 Å². The Labute approximate surface area is 118 Å². The summed E-state index contributed by atoms with van der Waals surface area (Å²) < 4.78 is 10.3. The number of hydrogen-bond acceptors (Lipinski definition) is 4. The molecular weight excluding hydrogens is 256 g/mol. The van der Waals surface area contributed by atoms with Gasteiger partial charge in [0.05, 0.1) is 0 Å². The summed E-state index contributed by atoms with van der Waals surface area (Å²) in [6.45, 7) is 6.63.